The molecule has 172 valence electrons. The summed E-state index contributed by atoms with van der Waals surface area (Å²) >= 11 is 0. The second-order valence-corrected chi connectivity index (χ2v) is 8.00. The van der Waals surface area contributed by atoms with Gasteiger partial charge < -0.3 is 24.1 Å². The van der Waals surface area contributed by atoms with E-state index >= 15 is 4.39 Å². The number of aromatic amines is 2. The van der Waals surface area contributed by atoms with E-state index in [0.29, 0.717) is 16.6 Å². The fraction of sp³-hybridized carbons (Fsp3) is 0.0400. The van der Waals surface area contributed by atoms with E-state index in [4.69, 9.17) is 4.42 Å². The monoisotopic (exact) mass is 470 g/mol. The summed E-state index contributed by atoms with van der Waals surface area (Å²) in [5.41, 5.74) is 0.712. The number of pyridine rings is 3. The van der Waals surface area contributed by atoms with Gasteiger partial charge in [-0.2, -0.15) is 0 Å². The first kappa shape index (κ1) is 20.6. The first-order chi connectivity index (χ1) is 16.9. The maximum Gasteiger partial charge on any atom is 0.353 e. The van der Waals surface area contributed by atoms with Crippen molar-refractivity contribution < 1.29 is 18.7 Å². The lowest BCUT2D eigenvalue weighted by atomic mass is 10.0. The number of carboxylic acid groups (broad SMARTS) is 1. The Hall–Kier alpha value is -4.99. The third-order valence-electron chi connectivity index (χ3n) is 6.01. The number of hydrogen-bond acceptors (Lipinski definition) is 5. The average molecular weight is 470 g/mol. The van der Waals surface area contributed by atoms with Crippen molar-refractivity contribution in [3.8, 4) is 11.1 Å². The van der Waals surface area contributed by atoms with Gasteiger partial charge in [0.2, 0.25) is 5.56 Å². The predicted octanol–water partition coefficient (Wildman–Crippen LogP) is 3.86. The van der Waals surface area contributed by atoms with E-state index in [9.17, 15) is 19.5 Å². The Balaban J connectivity index is 1.78. The number of nitrogens with zero attached hydrogens (tertiary/aromatic N) is 2. The number of furan rings is 1. The molecule has 0 saturated carbocycles. The maximum atomic E-state index is 15.1. The first-order valence-corrected chi connectivity index (χ1v) is 10.5. The van der Waals surface area contributed by atoms with E-state index in [0.717, 1.165) is 0 Å². The van der Waals surface area contributed by atoms with Gasteiger partial charge in [0.25, 0.3) is 5.56 Å². The predicted molar refractivity (Wildman–Crippen MR) is 126 cm³/mol. The van der Waals surface area contributed by atoms with Crippen LogP contribution >= 0.6 is 0 Å². The summed E-state index contributed by atoms with van der Waals surface area (Å²) in [5, 5.41) is 10.7. The van der Waals surface area contributed by atoms with Gasteiger partial charge in [0.05, 0.1) is 45.7 Å². The van der Waals surface area contributed by atoms with Crippen LogP contribution in [0.3, 0.4) is 0 Å². The molecule has 5 heterocycles. The van der Waals surface area contributed by atoms with Crippen molar-refractivity contribution in [3.05, 3.63) is 98.9 Å². The molecule has 0 bridgehead atoms. The summed E-state index contributed by atoms with van der Waals surface area (Å²) in [7, 11) is 0. The molecule has 6 rings (SSSR count). The van der Waals surface area contributed by atoms with Crippen LogP contribution in [0.25, 0.3) is 44.0 Å². The Morgan fingerprint density at radius 3 is 2.83 bits per heavy atom. The van der Waals surface area contributed by atoms with E-state index < -0.39 is 22.9 Å². The molecule has 9 nitrogen and oxygen atoms in total. The molecular formula is C25H15FN4O5. The zero-order valence-electron chi connectivity index (χ0n) is 17.8. The molecule has 0 amide bonds. The number of carboxylic acids is 1. The lowest BCUT2D eigenvalue weighted by molar-refractivity contribution is 0.0687. The normalized spacial score (nSPS) is 11.6. The maximum absolute atomic E-state index is 15.1. The Bertz CT molecular complexity index is 1930. The molecule has 0 spiro atoms. The fourth-order valence-electron chi connectivity index (χ4n) is 4.62. The van der Waals surface area contributed by atoms with Crippen LogP contribution in [0.15, 0.2) is 75.1 Å². The molecule has 0 aliphatic carbocycles. The SMILES string of the molecule is O=C(O)c1c(-c2ccc[nH]c2=O)c2c3occc3c(F)cc2n1Cc1cc(=O)[nH]c2cccnc12. The summed E-state index contributed by atoms with van der Waals surface area (Å²) in [4.78, 5) is 47.3. The van der Waals surface area contributed by atoms with Gasteiger partial charge in [-0.1, -0.05) is 0 Å². The van der Waals surface area contributed by atoms with Crippen molar-refractivity contribution in [1.82, 2.24) is 19.5 Å². The van der Waals surface area contributed by atoms with Crippen LogP contribution in [0.2, 0.25) is 0 Å². The molecule has 0 atom stereocenters. The Kier molecular flexibility index (Phi) is 4.43. The first-order valence-electron chi connectivity index (χ1n) is 10.5. The lowest BCUT2D eigenvalue weighted by Gasteiger charge is -2.11. The van der Waals surface area contributed by atoms with Gasteiger partial charge in [-0.3, -0.25) is 14.6 Å². The molecule has 3 N–H and O–H groups in total. The molecule has 35 heavy (non-hydrogen) atoms. The van der Waals surface area contributed by atoms with Gasteiger partial charge in [0, 0.05) is 29.6 Å². The van der Waals surface area contributed by atoms with Crippen LogP contribution in [-0.2, 0) is 6.54 Å². The van der Waals surface area contributed by atoms with E-state index in [-0.39, 0.29) is 45.2 Å². The molecule has 6 aromatic rings. The van der Waals surface area contributed by atoms with Crippen LogP contribution in [0, 0.1) is 5.82 Å². The van der Waals surface area contributed by atoms with Crippen LogP contribution in [0.5, 0.6) is 0 Å². The molecule has 0 aliphatic rings. The molecule has 0 unspecified atom stereocenters. The van der Waals surface area contributed by atoms with Crippen molar-refractivity contribution in [2.24, 2.45) is 0 Å². The number of halogens is 1. The zero-order chi connectivity index (χ0) is 24.3. The summed E-state index contributed by atoms with van der Waals surface area (Å²) in [5.74, 6) is -1.94. The summed E-state index contributed by atoms with van der Waals surface area (Å²) in [6.07, 6.45) is 4.29. The highest BCUT2D eigenvalue weighted by Gasteiger charge is 2.29. The highest BCUT2D eigenvalue weighted by atomic mass is 19.1. The van der Waals surface area contributed by atoms with E-state index in [1.54, 1.807) is 24.4 Å². The highest BCUT2D eigenvalue weighted by molar-refractivity contribution is 6.17. The van der Waals surface area contributed by atoms with Crippen LogP contribution in [0.1, 0.15) is 16.1 Å². The van der Waals surface area contributed by atoms with Crippen molar-refractivity contribution in [2.75, 3.05) is 0 Å². The topological polar surface area (TPSA) is 134 Å². The minimum atomic E-state index is -1.33. The minimum Gasteiger partial charge on any atom is -0.477 e. The number of fused-ring (bicyclic) bond motifs is 4. The second-order valence-electron chi connectivity index (χ2n) is 8.00. The molecule has 10 heteroatoms. The lowest BCUT2D eigenvalue weighted by Crippen LogP contribution is -2.15. The minimum absolute atomic E-state index is 0.0897. The number of hydrogen-bond donors (Lipinski definition) is 3. The summed E-state index contributed by atoms with van der Waals surface area (Å²) in [6.45, 7) is -0.119. The number of rotatable bonds is 4. The third kappa shape index (κ3) is 3.07. The van der Waals surface area contributed by atoms with E-state index in [1.807, 2.05) is 0 Å². The van der Waals surface area contributed by atoms with Crippen LogP contribution in [0.4, 0.5) is 4.39 Å². The van der Waals surface area contributed by atoms with Crippen molar-refractivity contribution in [1.29, 1.82) is 0 Å². The number of aromatic nitrogens is 4. The molecule has 1 aromatic carbocycles. The Morgan fingerprint density at radius 2 is 2.03 bits per heavy atom. The number of aromatic carboxylic acids is 1. The standard InChI is InChI=1S/C25H15FN4O5/c26-15-10-17-20(23-13(15)5-8-35-23)19(14-3-1-7-28-24(14)32)22(25(33)34)30(17)11-12-9-18(31)29-16-4-2-6-27-21(12)16/h1-10H,11H2,(H,28,32)(H,29,31)(H,33,34). The second kappa shape index (κ2) is 7.52. The Morgan fingerprint density at radius 1 is 1.17 bits per heavy atom. The third-order valence-corrected chi connectivity index (χ3v) is 6.01. The van der Waals surface area contributed by atoms with Crippen molar-refractivity contribution in [3.63, 3.8) is 0 Å². The van der Waals surface area contributed by atoms with E-state index in [2.05, 4.69) is 15.0 Å². The quantitative estimate of drug-likeness (QED) is 0.358. The smallest absolute Gasteiger partial charge is 0.353 e. The van der Waals surface area contributed by atoms with E-state index in [1.165, 1.54) is 41.3 Å². The number of benzene rings is 1. The molecule has 0 fully saturated rings. The van der Waals surface area contributed by atoms with Gasteiger partial charge >= 0.3 is 5.97 Å². The highest BCUT2D eigenvalue weighted by Crippen LogP contribution is 2.40. The van der Waals surface area contributed by atoms with Crippen LogP contribution in [-0.4, -0.2) is 30.6 Å². The molecule has 0 aliphatic heterocycles. The molecule has 0 radical (unpaired) electrons. The summed E-state index contributed by atoms with van der Waals surface area (Å²) in [6, 6.07) is 10.4. The molecule has 5 aromatic heterocycles. The summed E-state index contributed by atoms with van der Waals surface area (Å²) < 4.78 is 22.0. The van der Waals surface area contributed by atoms with Crippen molar-refractivity contribution in [2.45, 2.75) is 6.54 Å². The van der Waals surface area contributed by atoms with Gasteiger partial charge in [-0.15, -0.1) is 0 Å². The van der Waals surface area contributed by atoms with Gasteiger partial charge in [-0.25, -0.2) is 9.18 Å². The zero-order valence-corrected chi connectivity index (χ0v) is 17.8. The largest absolute Gasteiger partial charge is 0.477 e. The number of H-pyrrole nitrogens is 2. The molecular weight excluding hydrogens is 455 g/mol. The van der Waals surface area contributed by atoms with Gasteiger partial charge in [0.15, 0.2) is 0 Å². The number of nitrogens with one attached hydrogen (secondary N) is 2. The van der Waals surface area contributed by atoms with Crippen LogP contribution < -0.4 is 11.1 Å². The Labute approximate surface area is 194 Å². The average Bonchev–Trinajstić information content (AvgIpc) is 3.43. The fourth-order valence-corrected chi connectivity index (χ4v) is 4.62. The number of carbonyl (C=O) groups is 1. The van der Waals surface area contributed by atoms with Gasteiger partial charge in [-0.05, 0) is 36.4 Å². The van der Waals surface area contributed by atoms with Gasteiger partial charge in [0.1, 0.15) is 17.1 Å². The molecule has 0 saturated heterocycles. The van der Waals surface area contributed by atoms with Crippen molar-refractivity contribution >= 4 is 38.9 Å².